The number of epoxide rings is 1. The Bertz CT molecular complexity index is 1470. The summed E-state index contributed by atoms with van der Waals surface area (Å²) in [6.45, 7) is 2.34. The molecule has 3 aromatic rings. The molecule has 0 radical (unpaired) electrons. The fourth-order valence-corrected chi connectivity index (χ4v) is 9.78. The van der Waals surface area contributed by atoms with Gasteiger partial charge in [0.15, 0.2) is 0 Å². The van der Waals surface area contributed by atoms with E-state index in [0.717, 1.165) is 43.3 Å². The van der Waals surface area contributed by atoms with E-state index in [-0.39, 0.29) is 29.7 Å². The van der Waals surface area contributed by atoms with Crippen molar-refractivity contribution >= 4 is 40.7 Å². The molecule has 12 heteroatoms. The van der Waals surface area contributed by atoms with Crippen LogP contribution in [0.3, 0.4) is 0 Å². The Morgan fingerprint density at radius 1 is 1.02 bits per heavy atom. The number of ether oxygens (including phenoxy) is 2. The molecule has 3 aliphatic heterocycles. The Morgan fingerprint density at radius 2 is 1.63 bits per heavy atom. The number of benzene rings is 1. The summed E-state index contributed by atoms with van der Waals surface area (Å²) in [5.74, 6) is -0.853. The molecule has 10 nitrogen and oxygen atoms in total. The third kappa shape index (κ3) is 7.90. The number of thiophene rings is 2. The van der Waals surface area contributed by atoms with Crippen LogP contribution < -0.4 is 15.7 Å². The molecule has 3 saturated heterocycles. The summed E-state index contributed by atoms with van der Waals surface area (Å²) in [4.78, 5) is 25.4. The predicted molar refractivity (Wildman–Crippen MR) is 188 cm³/mol. The second-order valence-electron chi connectivity index (χ2n) is 14.0. The van der Waals surface area contributed by atoms with Gasteiger partial charge in [0.05, 0.1) is 29.5 Å². The number of likely N-dealkylation sites (N-methyl/N-ethyl adjacent to an activating group) is 1. The number of morpholine rings is 1. The highest BCUT2D eigenvalue weighted by atomic mass is 32.1. The van der Waals surface area contributed by atoms with Crippen LogP contribution in [0.5, 0.6) is 5.75 Å². The third-order valence-corrected chi connectivity index (χ3v) is 12.8. The molecule has 1 aromatic carbocycles. The minimum absolute atomic E-state index is 0.177. The molecule has 0 saturated carbocycles. The zero-order valence-electron chi connectivity index (χ0n) is 28.1. The number of hydrogen-bond acceptors (Lipinski definition) is 10. The molecule has 3 fully saturated rings. The van der Waals surface area contributed by atoms with E-state index in [0.29, 0.717) is 40.4 Å². The maximum absolute atomic E-state index is 13.6. The van der Waals surface area contributed by atoms with E-state index in [2.05, 4.69) is 17.7 Å². The lowest BCUT2D eigenvalue weighted by atomic mass is 9.94. The van der Waals surface area contributed by atoms with Crippen LogP contribution in [0.2, 0.25) is 0 Å². The minimum Gasteiger partial charge on any atom is -0.871 e. The molecular weight excluding hydrogens is 663 g/mol. The van der Waals surface area contributed by atoms with Gasteiger partial charge in [-0.2, -0.15) is 0 Å². The molecule has 3 aliphatic rings. The van der Waals surface area contributed by atoms with E-state index in [1.165, 1.54) is 73.3 Å². The van der Waals surface area contributed by atoms with Gasteiger partial charge in [0.25, 0.3) is 0 Å². The Kier molecular flexibility index (Phi) is 11.8. The number of carbonyl (C=O) groups is 2. The summed E-state index contributed by atoms with van der Waals surface area (Å²) in [6.07, 6.45) is 11.0. The molecule has 4 N–H and O–H groups in total. The Balaban J connectivity index is 0.851. The number of rotatable bonds is 20. The zero-order chi connectivity index (χ0) is 34.4. The number of hydrogen-bond donors (Lipinski definition) is 4. The molecule has 0 spiro atoms. The van der Waals surface area contributed by atoms with Crippen LogP contribution >= 0.6 is 22.7 Å². The minimum atomic E-state index is -1.77. The molecule has 1 amide bonds. The van der Waals surface area contributed by atoms with Crippen molar-refractivity contribution in [2.75, 3.05) is 32.0 Å². The molecule has 49 heavy (non-hydrogen) atoms. The van der Waals surface area contributed by atoms with E-state index in [9.17, 15) is 24.9 Å². The summed E-state index contributed by atoms with van der Waals surface area (Å²) in [7, 11) is 2.37. The van der Waals surface area contributed by atoms with Gasteiger partial charge in [0.2, 0.25) is 12.0 Å². The van der Waals surface area contributed by atoms with E-state index in [1.807, 2.05) is 22.9 Å². The number of anilines is 1. The van der Waals surface area contributed by atoms with Gasteiger partial charge in [-0.1, -0.05) is 62.1 Å². The van der Waals surface area contributed by atoms with Crippen LogP contribution in [0.4, 0.5) is 5.69 Å². The second-order valence-corrected chi connectivity index (χ2v) is 15.9. The van der Waals surface area contributed by atoms with Gasteiger partial charge in [-0.25, -0.2) is 4.79 Å². The molecule has 5 atom stereocenters. The number of nitrogens with zero attached hydrogens (tertiary/aromatic N) is 1. The van der Waals surface area contributed by atoms with Gasteiger partial charge in [-0.05, 0) is 60.3 Å². The topological polar surface area (TPSA) is 143 Å². The number of carbonyl (C=O) groups excluding carboxylic acids is 2. The van der Waals surface area contributed by atoms with Gasteiger partial charge in [0, 0.05) is 25.1 Å². The predicted octanol–water partition coefficient (Wildman–Crippen LogP) is 4.80. The molecule has 4 unspecified atom stereocenters. The molecule has 6 rings (SSSR count). The Labute approximate surface area is 296 Å². The quantitative estimate of drug-likeness (QED) is 0.0431. The van der Waals surface area contributed by atoms with Crippen molar-refractivity contribution in [1.82, 2.24) is 5.32 Å². The van der Waals surface area contributed by atoms with Crippen LogP contribution in [0.15, 0.2) is 53.2 Å². The number of fused-ring (bicyclic) bond motifs is 5. The van der Waals surface area contributed by atoms with E-state index in [1.54, 1.807) is 18.2 Å². The summed E-state index contributed by atoms with van der Waals surface area (Å²) in [6, 6.07) is 12.4. The number of piperidine rings is 1. The molecule has 0 aliphatic carbocycles. The summed E-state index contributed by atoms with van der Waals surface area (Å²) >= 11 is 2.74. The Hall–Kier alpha value is -2.84. The van der Waals surface area contributed by atoms with Gasteiger partial charge >= 0.3 is 5.97 Å². The highest BCUT2D eigenvalue weighted by Gasteiger charge is 2.72. The van der Waals surface area contributed by atoms with Crippen LogP contribution in [-0.2, 0) is 24.7 Å². The fourth-order valence-electron chi connectivity index (χ4n) is 8.06. The summed E-state index contributed by atoms with van der Waals surface area (Å²) in [5.41, 5.74) is -0.992. The van der Waals surface area contributed by atoms with Crippen molar-refractivity contribution in [3.05, 3.63) is 68.5 Å². The van der Waals surface area contributed by atoms with Crippen LogP contribution in [-0.4, -0.2) is 84.2 Å². The number of quaternary nitrogens is 1. The SMILES string of the molecule is C[N+]1(CCCCCCCCCCNC[C@H](O)c2ccc([O-])c(NC=O)c2)C2CC(OC(=O)C(O)(c3cccs3)c3cccs3)CC1C1OC12. The summed E-state index contributed by atoms with van der Waals surface area (Å²) in [5, 5.41) is 43.2. The van der Waals surface area contributed by atoms with E-state index >= 15 is 0 Å². The number of aliphatic hydroxyl groups excluding tert-OH is 1. The highest BCUT2D eigenvalue weighted by Crippen LogP contribution is 2.53. The molecule has 5 heterocycles. The van der Waals surface area contributed by atoms with Crippen molar-refractivity contribution in [3.63, 3.8) is 0 Å². The maximum Gasteiger partial charge on any atom is 0.349 e. The van der Waals surface area contributed by atoms with Gasteiger partial charge < -0.3 is 39.9 Å². The van der Waals surface area contributed by atoms with Crippen LogP contribution in [0.25, 0.3) is 0 Å². The first-order valence-electron chi connectivity index (χ1n) is 17.7. The lowest BCUT2D eigenvalue weighted by Gasteiger charge is -2.48. The summed E-state index contributed by atoms with van der Waals surface area (Å²) < 4.78 is 13.2. The van der Waals surface area contributed by atoms with Gasteiger partial charge in [0.1, 0.15) is 30.4 Å². The number of aliphatic hydroxyl groups is 2. The number of amides is 1. The average Bonchev–Trinajstić information content (AvgIpc) is 3.40. The monoisotopic (exact) mass is 711 g/mol. The highest BCUT2D eigenvalue weighted by molar-refractivity contribution is 7.12. The van der Waals surface area contributed by atoms with Crippen molar-refractivity contribution in [2.45, 2.75) is 106 Å². The van der Waals surface area contributed by atoms with Gasteiger partial charge in [-0.3, -0.25) is 4.79 Å². The van der Waals surface area contributed by atoms with E-state index < -0.39 is 17.7 Å². The smallest absolute Gasteiger partial charge is 0.349 e. The van der Waals surface area contributed by atoms with Crippen LogP contribution in [0, 0.1) is 0 Å². The number of esters is 1. The van der Waals surface area contributed by atoms with Gasteiger partial charge in [-0.15, -0.1) is 22.7 Å². The molecule has 266 valence electrons. The molecule has 2 aromatic heterocycles. The maximum atomic E-state index is 13.6. The lowest BCUT2D eigenvalue weighted by molar-refractivity contribution is -0.956. The lowest BCUT2D eigenvalue weighted by Crippen LogP contribution is -2.63. The average molecular weight is 712 g/mol. The molecule has 2 bridgehead atoms. The zero-order valence-corrected chi connectivity index (χ0v) is 29.8. The van der Waals surface area contributed by atoms with E-state index in [4.69, 9.17) is 9.47 Å². The normalized spacial score (nSPS) is 26.2. The van der Waals surface area contributed by atoms with Crippen molar-refractivity contribution in [3.8, 4) is 5.75 Å². The van der Waals surface area contributed by atoms with Crippen molar-refractivity contribution in [2.24, 2.45) is 0 Å². The number of unbranched alkanes of at least 4 members (excludes halogenated alkanes) is 7. The van der Waals surface area contributed by atoms with Crippen LogP contribution in [0.1, 0.15) is 85.6 Å². The second kappa shape index (κ2) is 16.0. The first kappa shape index (κ1) is 36.0. The van der Waals surface area contributed by atoms with Crippen molar-refractivity contribution < 1.29 is 38.9 Å². The first-order chi connectivity index (χ1) is 23.8. The van der Waals surface area contributed by atoms with Crippen molar-refractivity contribution in [1.29, 1.82) is 0 Å². The standard InChI is InChI=1S/C37H49N3O7S2/c1-40(17-9-7-5-3-2-4-6-8-16-38-23-31(43)25-14-15-30(42)27(20-25)39-24-41)28-21-26(22-29(40)35-34(28)47-35)46-36(44)37(45,32-12-10-18-48-32)33-13-11-19-49-33/h10-15,18-20,24,26,28-29,31,34-35,38,43,45H,2-9,16-17,21-23H2,1H3,(H-,39,41,42)/t26?,28?,29?,31-,34?,35?,40?/m0/s1. The number of nitrogens with one attached hydrogen (secondary N) is 2. The molecular formula is C37H49N3O7S2. The largest absolute Gasteiger partial charge is 0.871 e. The fraction of sp³-hybridized carbons (Fsp3) is 0.568. The Morgan fingerprint density at radius 3 is 2.22 bits per heavy atom. The third-order valence-electron chi connectivity index (χ3n) is 10.9. The first-order valence-corrected chi connectivity index (χ1v) is 19.4.